The van der Waals surface area contributed by atoms with Crippen molar-refractivity contribution in [2.45, 2.75) is 52.0 Å². The van der Waals surface area contributed by atoms with Crippen LogP contribution in [0.1, 0.15) is 44.6 Å². The van der Waals surface area contributed by atoms with E-state index in [1.54, 1.807) is 25.1 Å². The molecule has 0 radical (unpaired) electrons. The first kappa shape index (κ1) is 20.0. The lowest BCUT2D eigenvalue weighted by molar-refractivity contribution is -0.134. The zero-order chi connectivity index (χ0) is 18.6. The smallest absolute Gasteiger partial charge is 0.232 e. The number of hydrogen-bond acceptors (Lipinski definition) is 3. The summed E-state index contributed by atoms with van der Waals surface area (Å²) in [7, 11) is -3.50. The molecule has 1 heterocycles. The molecule has 0 saturated carbocycles. The number of carbonyl (C=O) groups is 1. The molecule has 25 heavy (non-hydrogen) atoms. The number of rotatable bonds is 6. The molecule has 1 unspecified atom stereocenters. The first-order valence-corrected chi connectivity index (χ1v) is 11.0. The lowest BCUT2D eigenvalue weighted by Crippen LogP contribution is -2.45. The Labute approximate surface area is 156 Å². The first-order valence-electron chi connectivity index (χ1n) is 8.78. The summed E-state index contributed by atoms with van der Waals surface area (Å²) in [6.45, 7) is 4.78. The van der Waals surface area contributed by atoms with Crippen LogP contribution in [-0.2, 0) is 14.8 Å². The van der Waals surface area contributed by atoms with Gasteiger partial charge in [-0.15, -0.1) is 0 Å². The third kappa shape index (κ3) is 4.88. The highest BCUT2D eigenvalue weighted by Crippen LogP contribution is 2.28. The molecule has 1 amide bonds. The second kappa shape index (κ2) is 8.41. The van der Waals surface area contributed by atoms with Crippen molar-refractivity contribution < 1.29 is 13.2 Å². The van der Waals surface area contributed by atoms with E-state index >= 15 is 0 Å². The molecule has 0 bridgehead atoms. The van der Waals surface area contributed by atoms with Crippen LogP contribution in [0.25, 0.3) is 0 Å². The van der Waals surface area contributed by atoms with Crippen molar-refractivity contribution in [3.63, 3.8) is 0 Å². The van der Waals surface area contributed by atoms with Gasteiger partial charge in [-0.05, 0) is 50.3 Å². The zero-order valence-corrected chi connectivity index (χ0v) is 16.7. The molecule has 1 saturated heterocycles. The van der Waals surface area contributed by atoms with Gasteiger partial charge in [0.15, 0.2) is 0 Å². The maximum atomic E-state index is 12.7. The topological polar surface area (TPSA) is 57.7 Å². The first-order chi connectivity index (χ1) is 11.8. The molecule has 1 aromatic rings. The Morgan fingerprint density at radius 2 is 2.08 bits per heavy atom. The van der Waals surface area contributed by atoms with E-state index < -0.39 is 10.0 Å². The standard InChI is InChI=1S/C18H27ClN2O3S/c1-4-15-8-5-6-12-20(15)18(22)11-13-21(25(3,23)24)17-10-7-9-16(19)14(17)2/h7,9-10,15H,4-6,8,11-13H2,1-3H3. The van der Waals surface area contributed by atoms with Crippen LogP contribution in [0.3, 0.4) is 0 Å². The molecule has 0 spiro atoms. The average Bonchev–Trinajstić information content (AvgIpc) is 2.57. The number of piperidine rings is 1. The van der Waals surface area contributed by atoms with Crippen molar-refractivity contribution in [3.8, 4) is 0 Å². The Morgan fingerprint density at radius 3 is 2.72 bits per heavy atom. The molecule has 7 heteroatoms. The maximum absolute atomic E-state index is 12.7. The van der Waals surface area contributed by atoms with Gasteiger partial charge in [0.05, 0.1) is 11.9 Å². The molecule has 0 N–H and O–H groups in total. The molecule has 1 fully saturated rings. The van der Waals surface area contributed by atoms with E-state index in [0.717, 1.165) is 38.5 Å². The Morgan fingerprint density at radius 1 is 1.36 bits per heavy atom. The highest BCUT2D eigenvalue weighted by molar-refractivity contribution is 7.92. The Hall–Kier alpha value is -1.27. The molecular formula is C18H27ClN2O3S. The molecule has 2 rings (SSSR count). The van der Waals surface area contributed by atoms with E-state index in [9.17, 15) is 13.2 Å². The summed E-state index contributed by atoms with van der Waals surface area (Å²) in [5.41, 5.74) is 1.24. The van der Waals surface area contributed by atoms with Gasteiger partial charge in [-0.25, -0.2) is 8.42 Å². The number of sulfonamides is 1. The predicted octanol–water partition coefficient (Wildman–Crippen LogP) is 3.60. The summed E-state index contributed by atoms with van der Waals surface area (Å²) in [5.74, 6) is 0.0277. The number of halogens is 1. The van der Waals surface area contributed by atoms with E-state index in [-0.39, 0.29) is 24.9 Å². The molecule has 0 aromatic heterocycles. The number of anilines is 1. The van der Waals surface area contributed by atoms with Gasteiger partial charge in [-0.2, -0.15) is 0 Å². The van der Waals surface area contributed by atoms with Crippen LogP contribution in [0.5, 0.6) is 0 Å². The van der Waals surface area contributed by atoms with Gasteiger partial charge < -0.3 is 4.90 Å². The Bertz CT molecular complexity index is 721. The number of likely N-dealkylation sites (tertiary alicyclic amines) is 1. The number of carbonyl (C=O) groups excluding carboxylic acids is 1. The van der Waals surface area contributed by atoms with E-state index in [1.165, 1.54) is 4.31 Å². The van der Waals surface area contributed by atoms with Crippen molar-refractivity contribution in [1.29, 1.82) is 0 Å². The van der Waals surface area contributed by atoms with Gasteiger partial charge in [0.25, 0.3) is 0 Å². The normalized spacial score (nSPS) is 18.2. The van der Waals surface area contributed by atoms with Gasteiger partial charge in [0, 0.05) is 30.6 Å². The summed E-state index contributed by atoms with van der Waals surface area (Å²) >= 11 is 6.13. The van der Waals surface area contributed by atoms with Gasteiger partial charge in [-0.3, -0.25) is 9.10 Å². The summed E-state index contributed by atoms with van der Waals surface area (Å²) in [4.78, 5) is 14.6. The fourth-order valence-electron chi connectivity index (χ4n) is 3.43. The van der Waals surface area contributed by atoms with Crippen molar-refractivity contribution in [2.75, 3.05) is 23.7 Å². The summed E-state index contributed by atoms with van der Waals surface area (Å²) < 4.78 is 25.8. The maximum Gasteiger partial charge on any atom is 0.232 e. The van der Waals surface area contributed by atoms with Gasteiger partial charge in [0.1, 0.15) is 0 Å². The molecule has 1 atom stereocenters. The Balaban J connectivity index is 2.16. The zero-order valence-electron chi connectivity index (χ0n) is 15.2. The molecule has 0 aliphatic carbocycles. The van der Waals surface area contributed by atoms with Crippen LogP contribution in [0.2, 0.25) is 5.02 Å². The lowest BCUT2D eigenvalue weighted by Gasteiger charge is -2.36. The molecule has 1 aliphatic heterocycles. The van der Waals surface area contributed by atoms with Crippen LogP contribution in [-0.4, -0.2) is 44.6 Å². The van der Waals surface area contributed by atoms with Crippen molar-refractivity contribution >= 4 is 33.2 Å². The highest BCUT2D eigenvalue weighted by Gasteiger charge is 2.27. The lowest BCUT2D eigenvalue weighted by atomic mass is 9.99. The second-order valence-electron chi connectivity index (χ2n) is 6.61. The average molecular weight is 387 g/mol. The van der Waals surface area contributed by atoms with E-state index in [4.69, 9.17) is 11.6 Å². The largest absolute Gasteiger partial charge is 0.340 e. The summed E-state index contributed by atoms with van der Waals surface area (Å²) in [6.07, 6.45) is 5.48. The van der Waals surface area contributed by atoms with Gasteiger partial charge in [0.2, 0.25) is 15.9 Å². The molecular weight excluding hydrogens is 360 g/mol. The van der Waals surface area contributed by atoms with E-state index in [2.05, 4.69) is 6.92 Å². The number of hydrogen-bond donors (Lipinski definition) is 0. The Kier molecular flexibility index (Phi) is 6.74. The van der Waals surface area contributed by atoms with Crippen LogP contribution < -0.4 is 4.31 Å². The van der Waals surface area contributed by atoms with Gasteiger partial charge in [-0.1, -0.05) is 24.6 Å². The predicted molar refractivity (Wildman–Crippen MR) is 103 cm³/mol. The number of nitrogens with zero attached hydrogens (tertiary/aromatic N) is 2. The molecule has 1 aromatic carbocycles. The quantitative estimate of drug-likeness (QED) is 0.750. The number of benzene rings is 1. The van der Waals surface area contributed by atoms with Crippen molar-refractivity contribution in [2.24, 2.45) is 0 Å². The highest BCUT2D eigenvalue weighted by atomic mass is 35.5. The van der Waals surface area contributed by atoms with Crippen LogP contribution in [0.4, 0.5) is 5.69 Å². The minimum atomic E-state index is -3.50. The van der Waals surface area contributed by atoms with Crippen LogP contribution in [0, 0.1) is 6.92 Å². The van der Waals surface area contributed by atoms with Crippen LogP contribution in [0.15, 0.2) is 18.2 Å². The SMILES string of the molecule is CCC1CCCCN1C(=O)CCN(c1cccc(Cl)c1C)S(C)(=O)=O. The molecule has 140 valence electrons. The molecule has 1 aliphatic rings. The second-order valence-corrected chi connectivity index (χ2v) is 8.93. The van der Waals surface area contributed by atoms with Crippen LogP contribution >= 0.6 is 11.6 Å². The molecule has 5 nitrogen and oxygen atoms in total. The summed E-state index contributed by atoms with van der Waals surface area (Å²) in [5, 5.41) is 0.513. The fourth-order valence-corrected chi connectivity index (χ4v) is 4.57. The third-order valence-corrected chi connectivity index (χ3v) is 6.45. The van der Waals surface area contributed by atoms with Gasteiger partial charge >= 0.3 is 0 Å². The van der Waals surface area contributed by atoms with E-state index in [1.807, 2.05) is 4.90 Å². The third-order valence-electron chi connectivity index (χ3n) is 4.86. The van der Waals surface area contributed by atoms with Crippen molar-refractivity contribution in [3.05, 3.63) is 28.8 Å². The fraction of sp³-hybridized carbons (Fsp3) is 0.611. The van der Waals surface area contributed by atoms with E-state index in [0.29, 0.717) is 16.3 Å². The number of amides is 1. The minimum absolute atomic E-state index is 0.0277. The van der Waals surface area contributed by atoms with Crippen molar-refractivity contribution in [1.82, 2.24) is 4.90 Å². The minimum Gasteiger partial charge on any atom is -0.340 e. The summed E-state index contributed by atoms with van der Waals surface area (Å²) in [6, 6.07) is 5.46. The monoisotopic (exact) mass is 386 g/mol.